The third-order valence-corrected chi connectivity index (χ3v) is 6.86. The van der Waals surface area contributed by atoms with Gasteiger partial charge in [-0.2, -0.15) is 0 Å². The molecule has 0 spiro atoms. The lowest BCUT2D eigenvalue weighted by atomic mass is 10.2. The summed E-state index contributed by atoms with van der Waals surface area (Å²) in [5, 5.41) is 2.79. The molecule has 3 aromatic carbocycles. The predicted octanol–water partition coefficient (Wildman–Crippen LogP) is 4.19. The maximum absolute atomic E-state index is 13.2. The van der Waals surface area contributed by atoms with Crippen LogP contribution >= 0.6 is 15.9 Å². The fourth-order valence-electron chi connectivity index (χ4n) is 3.25. The van der Waals surface area contributed by atoms with Crippen LogP contribution in [0.25, 0.3) is 0 Å². The van der Waals surface area contributed by atoms with Gasteiger partial charge in [-0.1, -0.05) is 64.5 Å². The first kappa shape index (κ1) is 20.4. The van der Waals surface area contributed by atoms with Gasteiger partial charge in [0.2, 0.25) is 10.0 Å². The van der Waals surface area contributed by atoms with Crippen LogP contribution in [0.5, 0.6) is 5.75 Å². The fraction of sp³-hybridized carbons (Fsp3) is 0.136. The number of ether oxygens (including phenoxy) is 1. The molecule has 3 aromatic rings. The molecule has 0 saturated carbocycles. The Morgan fingerprint density at radius 1 is 1.03 bits per heavy atom. The molecule has 1 aliphatic heterocycles. The predicted molar refractivity (Wildman–Crippen MR) is 120 cm³/mol. The summed E-state index contributed by atoms with van der Waals surface area (Å²) in [5.41, 5.74) is 1.70. The molecule has 1 aliphatic rings. The molecule has 4 rings (SSSR count). The molecule has 0 aromatic heterocycles. The summed E-state index contributed by atoms with van der Waals surface area (Å²) in [6.07, 6.45) is -0.982. The van der Waals surface area contributed by atoms with E-state index in [9.17, 15) is 13.2 Å². The second kappa shape index (κ2) is 8.49. The number of benzene rings is 3. The molecule has 0 bridgehead atoms. The van der Waals surface area contributed by atoms with E-state index in [4.69, 9.17) is 4.74 Å². The average molecular weight is 487 g/mol. The highest BCUT2D eigenvalue weighted by Gasteiger charge is 2.36. The zero-order valence-corrected chi connectivity index (χ0v) is 18.3. The van der Waals surface area contributed by atoms with Gasteiger partial charge in [0, 0.05) is 10.2 Å². The number of carbonyl (C=O) groups is 1. The van der Waals surface area contributed by atoms with Crippen molar-refractivity contribution in [3.05, 3.63) is 88.9 Å². The first-order valence-electron chi connectivity index (χ1n) is 9.29. The summed E-state index contributed by atoms with van der Waals surface area (Å²) in [4.78, 5) is 12.8. The van der Waals surface area contributed by atoms with Crippen LogP contribution in [0, 0.1) is 0 Å². The van der Waals surface area contributed by atoms with Gasteiger partial charge in [0.25, 0.3) is 5.91 Å². The van der Waals surface area contributed by atoms with Gasteiger partial charge < -0.3 is 10.1 Å². The maximum Gasteiger partial charge on any atom is 0.267 e. The second-order valence-electron chi connectivity index (χ2n) is 6.85. The number of amides is 1. The summed E-state index contributed by atoms with van der Waals surface area (Å²) < 4.78 is 34.4. The lowest BCUT2D eigenvalue weighted by Crippen LogP contribution is -2.49. The topological polar surface area (TPSA) is 75.7 Å². The minimum atomic E-state index is -3.73. The quantitative estimate of drug-likeness (QED) is 0.586. The van der Waals surface area contributed by atoms with E-state index in [1.165, 1.54) is 4.31 Å². The normalized spacial score (nSPS) is 15.8. The number of para-hydroxylation sites is 2. The molecule has 0 fully saturated rings. The van der Waals surface area contributed by atoms with Crippen molar-refractivity contribution < 1.29 is 17.9 Å². The van der Waals surface area contributed by atoms with Gasteiger partial charge in [-0.25, -0.2) is 8.42 Å². The molecule has 1 heterocycles. The number of sulfonamides is 1. The van der Waals surface area contributed by atoms with Crippen molar-refractivity contribution in [1.29, 1.82) is 0 Å². The smallest absolute Gasteiger partial charge is 0.267 e. The summed E-state index contributed by atoms with van der Waals surface area (Å²) in [6.45, 7) is -0.105. The van der Waals surface area contributed by atoms with Crippen LogP contribution in [0.2, 0.25) is 0 Å². The molecular formula is C22H19BrN2O4S. The lowest BCUT2D eigenvalue weighted by molar-refractivity contribution is -0.122. The highest BCUT2D eigenvalue weighted by Crippen LogP contribution is 2.36. The van der Waals surface area contributed by atoms with Gasteiger partial charge in [-0.15, -0.1) is 0 Å². The van der Waals surface area contributed by atoms with E-state index in [0.29, 0.717) is 22.7 Å². The molecule has 0 radical (unpaired) electrons. The van der Waals surface area contributed by atoms with Gasteiger partial charge >= 0.3 is 0 Å². The molecular weight excluding hydrogens is 468 g/mol. The van der Waals surface area contributed by atoms with Crippen LogP contribution in [-0.4, -0.2) is 27.0 Å². The number of anilines is 2. The fourth-order valence-corrected chi connectivity index (χ4v) is 5.24. The third-order valence-electron chi connectivity index (χ3n) is 4.65. The average Bonchev–Trinajstić information content (AvgIpc) is 2.73. The molecule has 0 saturated heterocycles. The Hall–Kier alpha value is -2.84. The summed E-state index contributed by atoms with van der Waals surface area (Å²) in [5.74, 6) is -0.223. The summed E-state index contributed by atoms with van der Waals surface area (Å²) >= 11 is 3.37. The summed E-state index contributed by atoms with van der Waals surface area (Å²) in [7, 11) is -3.73. The Balaban J connectivity index is 1.61. The van der Waals surface area contributed by atoms with E-state index in [0.717, 1.165) is 4.47 Å². The van der Waals surface area contributed by atoms with Gasteiger partial charge in [-0.05, 0) is 35.9 Å². The number of fused-ring (bicyclic) bond motifs is 1. The van der Waals surface area contributed by atoms with Gasteiger partial charge in [-0.3, -0.25) is 9.10 Å². The van der Waals surface area contributed by atoms with Crippen LogP contribution in [0.4, 0.5) is 11.4 Å². The van der Waals surface area contributed by atoms with Crippen molar-refractivity contribution in [3.8, 4) is 5.75 Å². The van der Waals surface area contributed by atoms with E-state index in [1.807, 2.05) is 12.1 Å². The molecule has 154 valence electrons. The highest BCUT2D eigenvalue weighted by molar-refractivity contribution is 9.10. The minimum Gasteiger partial charge on any atom is -0.476 e. The maximum atomic E-state index is 13.2. The van der Waals surface area contributed by atoms with E-state index < -0.39 is 22.0 Å². The van der Waals surface area contributed by atoms with Crippen LogP contribution in [0.15, 0.2) is 83.3 Å². The Bertz CT molecular complexity index is 1170. The number of hydrogen-bond donors (Lipinski definition) is 1. The van der Waals surface area contributed by atoms with E-state index >= 15 is 0 Å². The van der Waals surface area contributed by atoms with Crippen LogP contribution in [0.3, 0.4) is 0 Å². The van der Waals surface area contributed by atoms with Gasteiger partial charge in [0.05, 0.1) is 18.0 Å². The summed E-state index contributed by atoms with van der Waals surface area (Å²) in [6, 6.07) is 23.0. The Kier molecular flexibility index (Phi) is 5.78. The molecule has 8 heteroatoms. The SMILES string of the molecule is O=C(Nc1cccc(Br)c1)[C@H]1CN(S(=O)(=O)Cc2ccccc2)c2ccccc2O1. The third kappa shape index (κ3) is 4.49. The van der Waals surface area contributed by atoms with Crippen molar-refractivity contribution in [3.63, 3.8) is 0 Å². The monoisotopic (exact) mass is 486 g/mol. The Labute approximate surface area is 183 Å². The van der Waals surface area contributed by atoms with Crippen molar-refractivity contribution in [2.24, 2.45) is 0 Å². The van der Waals surface area contributed by atoms with Gasteiger partial charge in [0.15, 0.2) is 6.10 Å². The second-order valence-corrected chi connectivity index (χ2v) is 9.66. The molecule has 0 aliphatic carbocycles. The zero-order chi connectivity index (χ0) is 21.1. The molecule has 30 heavy (non-hydrogen) atoms. The Morgan fingerprint density at radius 3 is 2.53 bits per heavy atom. The molecule has 1 N–H and O–H groups in total. The number of hydrogen-bond acceptors (Lipinski definition) is 4. The lowest BCUT2D eigenvalue weighted by Gasteiger charge is -2.34. The van der Waals surface area contributed by atoms with Crippen LogP contribution in [0.1, 0.15) is 5.56 Å². The number of nitrogens with zero attached hydrogens (tertiary/aromatic N) is 1. The van der Waals surface area contributed by atoms with Crippen molar-refractivity contribution >= 4 is 43.2 Å². The largest absolute Gasteiger partial charge is 0.476 e. The standard InChI is InChI=1S/C22H19BrN2O4S/c23-17-9-6-10-18(13-17)24-22(26)21-14-25(19-11-4-5-12-20(19)29-21)30(27,28)15-16-7-2-1-3-8-16/h1-13,21H,14-15H2,(H,24,26)/t21-/m1/s1. The molecule has 1 amide bonds. The number of halogens is 1. The van der Waals surface area contributed by atoms with E-state index in [-0.39, 0.29) is 12.3 Å². The molecule has 1 atom stereocenters. The zero-order valence-electron chi connectivity index (χ0n) is 15.9. The molecule has 6 nitrogen and oxygen atoms in total. The Morgan fingerprint density at radius 2 is 1.77 bits per heavy atom. The van der Waals surface area contributed by atoms with Crippen LogP contribution in [-0.2, 0) is 20.6 Å². The number of rotatable bonds is 5. The van der Waals surface area contributed by atoms with E-state index in [2.05, 4.69) is 21.2 Å². The van der Waals surface area contributed by atoms with Crippen molar-refractivity contribution in [2.75, 3.05) is 16.2 Å². The van der Waals surface area contributed by atoms with E-state index in [1.54, 1.807) is 66.7 Å². The number of carbonyl (C=O) groups excluding carboxylic acids is 1. The van der Waals surface area contributed by atoms with Crippen LogP contribution < -0.4 is 14.4 Å². The minimum absolute atomic E-state index is 0.105. The highest BCUT2D eigenvalue weighted by atomic mass is 79.9. The van der Waals surface area contributed by atoms with Crippen molar-refractivity contribution in [1.82, 2.24) is 0 Å². The van der Waals surface area contributed by atoms with Crippen molar-refractivity contribution in [2.45, 2.75) is 11.9 Å². The van der Waals surface area contributed by atoms with Gasteiger partial charge in [0.1, 0.15) is 5.75 Å². The molecule has 0 unspecified atom stereocenters. The number of nitrogens with one attached hydrogen (secondary N) is 1. The first-order valence-corrected chi connectivity index (χ1v) is 11.7. The first-order chi connectivity index (χ1) is 14.4.